The summed E-state index contributed by atoms with van der Waals surface area (Å²) in [6.45, 7) is 4.51. The summed E-state index contributed by atoms with van der Waals surface area (Å²) in [5, 5.41) is 4.89. The molecule has 3 aromatic carbocycles. The summed E-state index contributed by atoms with van der Waals surface area (Å²) < 4.78 is 8.72. The first-order chi connectivity index (χ1) is 14.7. The Morgan fingerprint density at radius 3 is 2.57 bits per heavy atom. The fourth-order valence-corrected chi connectivity index (χ4v) is 5.57. The van der Waals surface area contributed by atoms with Crippen LogP contribution < -0.4 is 0 Å². The molecule has 0 spiro atoms. The van der Waals surface area contributed by atoms with Gasteiger partial charge in [-0.15, -0.1) is 11.3 Å². The van der Waals surface area contributed by atoms with E-state index >= 15 is 0 Å². The van der Waals surface area contributed by atoms with E-state index in [0.717, 1.165) is 28.8 Å². The van der Waals surface area contributed by atoms with Gasteiger partial charge in [-0.25, -0.2) is 0 Å². The lowest BCUT2D eigenvalue weighted by atomic mass is 10.0. The van der Waals surface area contributed by atoms with Gasteiger partial charge in [0, 0.05) is 27.2 Å². The molecule has 3 aromatic heterocycles. The molecule has 2 nitrogen and oxygen atoms in total. The third-order valence-corrected chi connectivity index (χ3v) is 6.88. The Morgan fingerprint density at radius 1 is 0.900 bits per heavy atom. The van der Waals surface area contributed by atoms with Crippen molar-refractivity contribution < 1.29 is 4.42 Å². The summed E-state index contributed by atoms with van der Waals surface area (Å²) in [4.78, 5) is 4.73. The standard InChI is InChI=1S/C27H21NOS/c1-16(2)11-17-7-8-23-20(12-17)14-24(29-23)21-9-10-28-26-22-13-18-5-3-4-6-19(18)15-25(22)30-27(21)26/h3-10,12-16H,11H2,1-2H3. The Balaban J connectivity index is 1.55. The SMILES string of the molecule is CC(C)Cc1ccc2oc(-c3ccnc4c3sc3cc5ccccc5cc34)cc2c1. The van der Waals surface area contributed by atoms with E-state index < -0.39 is 0 Å². The third-order valence-electron chi connectivity index (χ3n) is 5.71. The summed E-state index contributed by atoms with van der Waals surface area (Å²) in [6, 6.07) is 23.8. The summed E-state index contributed by atoms with van der Waals surface area (Å²) in [6.07, 6.45) is 2.98. The monoisotopic (exact) mass is 407 g/mol. The van der Waals surface area contributed by atoms with Crippen molar-refractivity contribution in [3.05, 3.63) is 78.5 Å². The van der Waals surface area contributed by atoms with E-state index in [0.29, 0.717) is 5.92 Å². The van der Waals surface area contributed by atoms with Crippen molar-refractivity contribution in [3.63, 3.8) is 0 Å². The second kappa shape index (κ2) is 6.68. The highest BCUT2D eigenvalue weighted by atomic mass is 32.1. The molecule has 3 heteroatoms. The van der Waals surface area contributed by atoms with Gasteiger partial charge < -0.3 is 4.42 Å². The van der Waals surface area contributed by atoms with Crippen molar-refractivity contribution in [1.82, 2.24) is 4.98 Å². The lowest BCUT2D eigenvalue weighted by Gasteiger charge is -2.03. The number of aromatic nitrogens is 1. The second-order valence-corrected chi connectivity index (χ2v) is 9.47. The molecule has 3 heterocycles. The van der Waals surface area contributed by atoms with Crippen LogP contribution in [0, 0.1) is 5.92 Å². The molecule has 0 bridgehead atoms. The number of pyridine rings is 1. The average Bonchev–Trinajstić information content (AvgIpc) is 3.32. The molecule has 0 atom stereocenters. The molecule has 0 amide bonds. The van der Waals surface area contributed by atoms with Gasteiger partial charge in [-0.3, -0.25) is 4.98 Å². The molecule has 0 aliphatic heterocycles. The van der Waals surface area contributed by atoms with Crippen LogP contribution in [0.5, 0.6) is 0 Å². The van der Waals surface area contributed by atoms with Gasteiger partial charge in [0.15, 0.2) is 0 Å². The molecular formula is C27H21NOS. The minimum Gasteiger partial charge on any atom is -0.456 e. The molecule has 0 aliphatic rings. The molecule has 0 unspecified atom stereocenters. The van der Waals surface area contributed by atoms with Gasteiger partial charge in [-0.1, -0.05) is 44.2 Å². The van der Waals surface area contributed by atoms with Crippen LogP contribution in [0.1, 0.15) is 19.4 Å². The Morgan fingerprint density at radius 2 is 1.73 bits per heavy atom. The smallest absolute Gasteiger partial charge is 0.136 e. The zero-order valence-corrected chi connectivity index (χ0v) is 17.8. The summed E-state index contributed by atoms with van der Waals surface area (Å²) in [5.41, 5.74) is 4.47. The van der Waals surface area contributed by atoms with Gasteiger partial charge in [0.05, 0.1) is 10.2 Å². The van der Waals surface area contributed by atoms with E-state index in [4.69, 9.17) is 9.40 Å². The Bertz CT molecular complexity index is 1550. The van der Waals surface area contributed by atoms with Crippen LogP contribution in [0.2, 0.25) is 0 Å². The van der Waals surface area contributed by atoms with Gasteiger partial charge in [0.2, 0.25) is 0 Å². The zero-order valence-electron chi connectivity index (χ0n) is 17.0. The molecule has 0 saturated carbocycles. The first kappa shape index (κ1) is 17.7. The summed E-state index contributed by atoms with van der Waals surface area (Å²) >= 11 is 1.80. The minimum absolute atomic E-state index is 0.641. The van der Waals surface area contributed by atoms with Crippen molar-refractivity contribution in [2.24, 2.45) is 5.92 Å². The lowest BCUT2D eigenvalue weighted by Crippen LogP contribution is -1.92. The number of hydrogen-bond acceptors (Lipinski definition) is 3. The molecule has 0 N–H and O–H groups in total. The lowest BCUT2D eigenvalue weighted by molar-refractivity contribution is 0.630. The van der Waals surface area contributed by atoms with Crippen LogP contribution in [0.15, 0.2) is 77.3 Å². The average molecular weight is 408 g/mol. The quantitative estimate of drug-likeness (QED) is 0.295. The molecule has 30 heavy (non-hydrogen) atoms. The minimum atomic E-state index is 0.641. The Hall–Kier alpha value is -3.17. The van der Waals surface area contributed by atoms with Crippen molar-refractivity contribution in [2.45, 2.75) is 20.3 Å². The normalized spacial score (nSPS) is 12.1. The fraction of sp³-hybridized carbons (Fsp3) is 0.148. The van der Waals surface area contributed by atoms with Gasteiger partial charge in [0.1, 0.15) is 11.3 Å². The first-order valence-electron chi connectivity index (χ1n) is 10.4. The van der Waals surface area contributed by atoms with Crippen molar-refractivity contribution in [3.8, 4) is 11.3 Å². The number of furan rings is 1. The van der Waals surface area contributed by atoms with Gasteiger partial charge in [0.25, 0.3) is 0 Å². The molecule has 6 aromatic rings. The third kappa shape index (κ3) is 2.81. The van der Waals surface area contributed by atoms with Gasteiger partial charge in [-0.2, -0.15) is 0 Å². The number of hydrogen-bond donors (Lipinski definition) is 0. The van der Waals surface area contributed by atoms with Crippen LogP contribution in [0.4, 0.5) is 0 Å². The van der Waals surface area contributed by atoms with Gasteiger partial charge in [-0.05, 0) is 65.1 Å². The zero-order chi connectivity index (χ0) is 20.2. The second-order valence-electron chi connectivity index (χ2n) is 8.41. The molecule has 0 fully saturated rings. The van der Waals surface area contributed by atoms with E-state index in [1.807, 2.05) is 6.20 Å². The van der Waals surface area contributed by atoms with E-state index in [9.17, 15) is 0 Å². The van der Waals surface area contributed by atoms with E-state index in [-0.39, 0.29) is 0 Å². The summed E-state index contributed by atoms with van der Waals surface area (Å²) in [5.74, 6) is 1.55. The maximum Gasteiger partial charge on any atom is 0.136 e. The summed E-state index contributed by atoms with van der Waals surface area (Å²) in [7, 11) is 0. The number of rotatable bonds is 3. The molecule has 0 aliphatic carbocycles. The molecule has 0 radical (unpaired) electrons. The van der Waals surface area contributed by atoms with Crippen LogP contribution >= 0.6 is 11.3 Å². The molecular weight excluding hydrogens is 386 g/mol. The topological polar surface area (TPSA) is 26.0 Å². The highest BCUT2D eigenvalue weighted by Gasteiger charge is 2.15. The van der Waals surface area contributed by atoms with Crippen LogP contribution in [-0.4, -0.2) is 4.98 Å². The molecule has 146 valence electrons. The Labute approximate surface area is 178 Å². The maximum absolute atomic E-state index is 6.27. The number of fused-ring (bicyclic) bond motifs is 5. The van der Waals surface area contributed by atoms with Crippen LogP contribution in [0.25, 0.3) is 53.4 Å². The Kier molecular flexibility index (Phi) is 3.93. The van der Waals surface area contributed by atoms with E-state index in [1.54, 1.807) is 11.3 Å². The first-order valence-corrected chi connectivity index (χ1v) is 11.2. The number of nitrogens with zero attached hydrogens (tertiary/aromatic N) is 1. The molecule has 0 saturated heterocycles. The number of benzene rings is 3. The largest absolute Gasteiger partial charge is 0.456 e. The molecule has 6 rings (SSSR count). The maximum atomic E-state index is 6.27. The predicted octanol–water partition coefficient (Wildman–Crippen LogP) is 8.21. The predicted molar refractivity (Wildman–Crippen MR) is 128 cm³/mol. The van der Waals surface area contributed by atoms with Crippen molar-refractivity contribution in [2.75, 3.05) is 0 Å². The van der Waals surface area contributed by atoms with Crippen LogP contribution in [-0.2, 0) is 6.42 Å². The van der Waals surface area contributed by atoms with Crippen LogP contribution in [0.3, 0.4) is 0 Å². The van der Waals surface area contributed by atoms with Crippen molar-refractivity contribution >= 4 is 53.4 Å². The van der Waals surface area contributed by atoms with Gasteiger partial charge >= 0.3 is 0 Å². The van der Waals surface area contributed by atoms with E-state index in [1.165, 1.54) is 36.5 Å². The van der Waals surface area contributed by atoms with E-state index in [2.05, 4.69) is 80.6 Å². The van der Waals surface area contributed by atoms with Crippen molar-refractivity contribution in [1.29, 1.82) is 0 Å². The number of thiophene rings is 1. The highest BCUT2D eigenvalue weighted by Crippen LogP contribution is 2.41. The highest BCUT2D eigenvalue weighted by molar-refractivity contribution is 7.26. The fourth-order valence-electron chi connectivity index (χ4n) is 4.36.